The molecule has 7 heteroatoms. The number of hydrogen-bond donors (Lipinski definition) is 1. The first-order valence-electron chi connectivity index (χ1n) is 6.88. The van der Waals surface area contributed by atoms with Crippen LogP contribution in [0.4, 0.5) is 5.13 Å². The monoisotopic (exact) mass is 310 g/mol. The third kappa shape index (κ3) is 2.99. The first-order chi connectivity index (χ1) is 9.81. The Hall–Kier alpha value is -1.05. The summed E-state index contributed by atoms with van der Waals surface area (Å²) >= 11 is 3.35. The van der Waals surface area contributed by atoms with E-state index < -0.39 is 0 Å². The number of anilines is 1. The Morgan fingerprint density at radius 1 is 1.30 bits per heavy atom. The van der Waals surface area contributed by atoms with E-state index in [-0.39, 0.29) is 0 Å². The molecule has 2 heterocycles. The third-order valence-corrected chi connectivity index (χ3v) is 5.29. The van der Waals surface area contributed by atoms with Crippen molar-refractivity contribution in [2.75, 3.05) is 25.6 Å². The highest BCUT2D eigenvalue weighted by atomic mass is 32.1. The van der Waals surface area contributed by atoms with Crippen LogP contribution >= 0.6 is 22.7 Å². The lowest BCUT2D eigenvalue weighted by atomic mass is 10.2. The molecule has 108 valence electrons. The Morgan fingerprint density at radius 3 is 2.85 bits per heavy atom. The van der Waals surface area contributed by atoms with E-state index in [1.54, 1.807) is 29.8 Å². The summed E-state index contributed by atoms with van der Waals surface area (Å²) in [5, 5.41) is 14.7. The fourth-order valence-corrected chi connectivity index (χ4v) is 4.02. The average molecular weight is 310 g/mol. The van der Waals surface area contributed by atoms with E-state index in [4.69, 9.17) is 9.72 Å². The number of nitrogens with zero attached hydrogens (tertiary/aromatic N) is 3. The fourth-order valence-electron chi connectivity index (χ4n) is 2.00. The number of aromatic nitrogens is 3. The van der Waals surface area contributed by atoms with Gasteiger partial charge in [-0.3, -0.25) is 0 Å². The van der Waals surface area contributed by atoms with E-state index in [9.17, 15) is 0 Å². The minimum Gasteiger partial charge on any atom is -0.384 e. The van der Waals surface area contributed by atoms with Gasteiger partial charge in [0.2, 0.25) is 5.13 Å². The molecular weight excluding hydrogens is 292 g/mol. The smallest absolute Gasteiger partial charge is 0.206 e. The fraction of sp³-hybridized carbons (Fsp3) is 0.615. The van der Waals surface area contributed by atoms with Crippen LogP contribution < -0.4 is 5.32 Å². The minimum absolute atomic E-state index is 0.629. The molecule has 0 bridgehead atoms. The first kappa shape index (κ1) is 13.9. The molecule has 2 aromatic heterocycles. The van der Waals surface area contributed by atoms with Gasteiger partial charge in [-0.15, -0.1) is 21.5 Å². The largest absolute Gasteiger partial charge is 0.384 e. The normalized spacial score (nSPS) is 14.7. The maximum Gasteiger partial charge on any atom is 0.206 e. The summed E-state index contributed by atoms with van der Waals surface area (Å²) in [7, 11) is 1.73. The summed E-state index contributed by atoms with van der Waals surface area (Å²) in [5.41, 5.74) is 1.22. The summed E-state index contributed by atoms with van der Waals surface area (Å²) in [6, 6.07) is 0. The van der Waals surface area contributed by atoms with Crippen LogP contribution in [-0.2, 0) is 11.2 Å². The summed E-state index contributed by atoms with van der Waals surface area (Å²) in [6.07, 6.45) is 3.37. The molecule has 0 aliphatic heterocycles. The molecule has 0 unspecified atom stereocenters. The van der Waals surface area contributed by atoms with Gasteiger partial charge in [0.1, 0.15) is 0 Å². The van der Waals surface area contributed by atoms with Crippen LogP contribution in [0.1, 0.15) is 36.4 Å². The van der Waals surface area contributed by atoms with Crippen molar-refractivity contribution < 1.29 is 4.74 Å². The maximum absolute atomic E-state index is 5.14. The molecule has 20 heavy (non-hydrogen) atoms. The standard InChI is InChI=1S/C13H18N4OS2/c1-3-14-13-17-16-12(20-13)11-10(8-4-5-8)15-9(19-11)6-7-18-2/h8H,3-7H2,1-2H3,(H,14,17). The SMILES string of the molecule is CCNc1nnc(-c2sc(CCOC)nc2C2CC2)s1. The molecule has 0 spiro atoms. The highest BCUT2D eigenvalue weighted by molar-refractivity contribution is 7.23. The van der Waals surface area contributed by atoms with Crippen LogP contribution in [0.5, 0.6) is 0 Å². The Kier molecular flexibility index (Phi) is 4.28. The van der Waals surface area contributed by atoms with Gasteiger partial charge in [-0.05, 0) is 19.8 Å². The van der Waals surface area contributed by atoms with Gasteiger partial charge in [0.25, 0.3) is 0 Å². The van der Waals surface area contributed by atoms with Crippen molar-refractivity contribution in [3.8, 4) is 9.88 Å². The average Bonchev–Trinajstić information content (AvgIpc) is 3.04. The zero-order valence-corrected chi connectivity index (χ0v) is 13.3. The van der Waals surface area contributed by atoms with Crippen molar-refractivity contribution in [1.29, 1.82) is 0 Å². The lowest BCUT2D eigenvalue weighted by Gasteiger charge is -1.94. The van der Waals surface area contributed by atoms with Crippen LogP contribution in [0.25, 0.3) is 9.88 Å². The maximum atomic E-state index is 5.14. The molecule has 2 aromatic rings. The van der Waals surface area contributed by atoms with Crippen LogP contribution in [0.3, 0.4) is 0 Å². The molecule has 3 rings (SSSR count). The van der Waals surface area contributed by atoms with Crippen LogP contribution in [0.2, 0.25) is 0 Å². The summed E-state index contributed by atoms with van der Waals surface area (Å²) in [6.45, 7) is 3.65. The molecule has 1 N–H and O–H groups in total. The third-order valence-electron chi connectivity index (χ3n) is 3.13. The lowest BCUT2D eigenvalue weighted by molar-refractivity contribution is 0.202. The molecule has 1 fully saturated rings. The molecule has 0 atom stereocenters. The van der Waals surface area contributed by atoms with Crippen molar-refractivity contribution in [3.05, 3.63) is 10.7 Å². The van der Waals surface area contributed by atoms with Gasteiger partial charge in [0, 0.05) is 26.0 Å². The van der Waals surface area contributed by atoms with Crippen LogP contribution in [0, 0.1) is 0 Å². The molecule has 1 saturated carbocycles. The Balaban J connectivity index is 1.87. The van der Waals surface area contributed by atoms with Crippen molar-refractivity contribution in [2.24, 2.45) is 0 Å². The van der Waals surface area contributed by atoms with E-state index in [1.807, 2.05) is 0 Å². The summed E-state index contributed by atoms with van der Waals surface area (Å²) < 4.78 is 5.14. The van der Waals surface area contributed by atoms with Gasteiger partial charge in [0.15, 0.2) is 5.01 Å². The second-order valence-corrected chi connectivity index (χ2v) is 6.84. The highest BCUT2D eigenvalue weighted by Crippen LogP contribution is 2.47. The van der Waals surface area contributed by atoms with E-state index in [0.29, 0.717) is 5.92 Å². The number of nitrogens with one attached hydrogen (secondary N) is 1. The van der Waals surface area contributed by atoms with E-state index in [1.165, 1.54) is 23.4 Å². The van der Waals surface area contributed by atoms with Crippen molar-refractivity contribution in [2.45, 2.75) is 32.1 Å². The topological polar surface area (TPSA) is 59.9 Å². The zero-order chi connectivity index (χ0) is 13.9. The second kappa shape index (κ2) is 6.15. The Bertz CT molecular complexity index is 577. The molecule has 0 saturated heterocycles. The number of rotatable bonds is 7. The van der Waals surface area contributed by atoms with Gasteiger partial charge < -0.3 is 10.1 Å². The zero-order valence-electron chi connectivity index (χ0n) is 11.7. The molecule has 0 aromatic carbocycles. The molecule has 5 nitrogen and oxygen atoms in total. The molecule has 0 radical (unpaired) electrons. The van der Waals surface area contributed by atoms with E-state index in [2.05, 4.69) is 22.4 Å². The van der Waals surface area contributed by atoms with Crippen molar-refractivity contribution >= 4 is 27.8 Å². The van der Waals surface area contributed by atoms with Gasteiger partial charge in [-0.2, -0.15) is 0 Å². The van der Waals surface area contributed by atoms with Crippen LogP contribution in [0.15, 0.2) is 0 Å². The molecule has 1 aliphatic rings. The van der Waals surface area contributed by atoms with E-state index >= 15 is 0 Å². The Morgan fingerprint density at radius 2 is 2.15 bits per heavy atom. The first-order valence-corrected chi connectivity index (χ1v) is 8.51. The second-order valence-electron chi connectivity index (χ2n) is 4.78. The minimum atomic E-state index is 0.629. The van der Waals surface area contributed by atoms with Gasteiger partial charge in [-0.25, -0.2) is 4.98 Å². The Labute approximate surface area is 126 Å². The van der Waals surface area contributed by atoms with Crippen molar-refractivity contribution in [3.63, 3.8) is 0 Å². The summed E-state index contributed by atoms with van der Waals surface area (Å²) in [4.78, 5) is 6.01. The number of thiazole rings is 1. The van der Waals surface area contributed by atoms with E-state index in [0.717, 1.165) is 34.7 Å². The number of methoxy groups -OCH3 is 1. The van der Waals surface area contributed by atoms with Gasteiger partial charge in [-0.1, -0.05) is 11.3 Å². The predicted molar refractivity (Wildman–Crippen MR) is 82.7 cm³/mol. The summed E-state index contributed by atoms with van der Waals surface area (Å²) in [5.74, 6) is 0.629. The molecule has 0 amide bonds. The molecular formula is C13H18N4OS2. The number of hydrogen-bond acceptors (Lipinski definition) is 7. The van der Waals surface area contributed by atoms with Gasteiger partial charge in [0.05, 0.1) is 22.2 Å². The predicted octanol–water partition coefficient (Wildman–Crippen LogP) is 3.16. The quantitative estimate of drug-likeness (QED) is 0.851. The van der Waals surface area contributed by atoms with Crippen LogP contribution in [-0.4, -0.2) is 35.4 Å². The lowest BCUT2D eigenvalue weighted by Crippen LogP contribution is -1.94. The van der Waals surface area contributed by atoms with Crippen molar-refractivity contribution in [1.82, 2.24) is 15.2 Å². The highest BCUT2D eigenvalue weighted by Gasteiger charge is 2.31. The molecule has 1 aliphatic carbocycles. The van der Waals surface area contributed by atoms with Gasteiger partial charge >= 0.3 is 0 Å². The number of ether oxygens (including phenoxy) is 1.